The highest BCUT2D eigenvalue weighted by molar-refractivity contribution is 6.39. The number of aliphatic hydroxyl groups excluding tert-OH is 1. The van der Waals surface area contributed by atoms with E-state index < -0.39 is 11.7 Å². The van der Waals surface area contributed by atoms with Crippen molar-refractivity contribution in [3.63, 3.8) is 0 Å². The molecule has 4 atom stereocenters. The Bertz CT molecular complexity index is 835. The summed E-state index contributed by atoms with van der Waals surface area (Å²) in [6.45, 7) is 4.33. The van der Waals surface area contributed by atoms with E-state index in [0.29, 0.717) is 28.1 Å². The summed E-state index contributed by atoms with van der Waals surface area (Å²) in [4.78, 5) is 0. The van der Waals surface area contributed by atoms with Crippen molar-refractivity contribution in [2.24, 2.45) is 17.3 Å². The molecule has 0 aromatic heterocycles. The summed E-state index contributed by atoms with van der Waals surface area (Å²) < 4.78 is 6.01. The molecule has 0 unspecified atom stereocenters. The molecule has 3 aliphatic carbocycles. The number of ether oxygens (including phenoxy) is 1. The largest absolute Gasteiger partial charge is 0.488 e. The molecule has 0 heterocycles. The number of aliphatic hydroxyl groups is 2. The highest BCUT2D eigenvalue weighted by Gasteiger charge is 2.64. The van der Waals surface area contributed by atoms with Gasteiger partial charge >= 0.3 is 0 Å². The van der Waals surface area contributed by atoms with Crippen LogP contribution in [0.1, 0.15) is 26.7 Å². The Balaban J connectivity index is 1.67. The Morgan fingerprint density at radius 1 is 1.12 bits per heavy atom. The van der Waals surface area contributed by atoms with Gasteiger partial charge in [-0.1, -0.05) is 61.3 Å². The predicted octanol–water partition coefficient (Wildman–Crippen LogP) is 4.68. The molecule has 2 aromatic rings. The molecule has 0 saturated heterocycles. The molecular weight excluding hydrogens is 359 g/mol. The number of hydrogen-bond donors (Lipinski definition) is 2. The predicted molar refractivity (Wildman–Crippen MR) is 100 cm³/mol. The molecule has 0 radical (unpaired) electrons. The Labute approximate surface area is 157 Å². The van der Waals surface area contributed by atoms with Gasteiger partial charge in [0.2, 0.25) is 0 Å². The van der Waals surface area contributed by atoms with Gasteiger partial charge in [-0.15, -0.1) is 0 Å². The molecule has 25 heavy (non-hydrogen) atoms. The smallest absolute Gasteiger partial charge is 0.145 e. The van der Waals surface area contributed by atoms with Crippen LogP contribution in [0.25, 0.3) is 10.8 Å². The van der Waals surface area contributed by atoms with Crippen LogP contribution in [-0.4, -0.2) is 28.5 Å². The third-order valence-corrected chi connectivity index (χ3v) is 7.10. The normalized spacial score (nSPS) is 33.1. The number of hydrogen-bond acceptors (Lipinski definition) is 3. The molecule has 3 aliphatic rings. The van der Waals surface area contributed by atoms with E-state index in [1.807, 2.05) is 24.3 Å². The van der Waals surface area contributed by atoms with Gasteiger partial charge in [0.1, 0.15) is 18.0 Å². The van der Waals surface area contributed by atoms with Gasteiger partial charge in [0.25, 0.3) is 0 Å². The first-order valence-electron chi connectivity index (χ1n) is 8.65. The minimum Gasteiger partial charge on any atom is -0.488 e. The van der Waals surface area contributed by atoms with Crippen molar-refractivity contribution in [3.05, 3.63) is 40.4 Å². The minimum atomic E-state index is -1.26. The minimum absolute atomic E-state index is 0.0142. The molecule has 5 heteroatoms. The zero-order valence-electron chi connectivity index (χ0n) is 14.3. The molecule has 134 valence electrons. The van der Waals surface area contributed by atoms with Crippen LogP contribution >= 0.6 is 23.2 Å². The van der Waals surface area contributed by atoms with Crippen molar-refractivity contribution in [2.75, 3.05) is 6.61 Å². The zero-order chi connectivity index (χ0) is 18.0. The van der Waals surface area contributed by atoms with E-state index in [1.54, 1.807) is 6.07 Å². The Morgan fingerprint density at radius 3 is 2.48 bits per heavy atom. The van der Waals surface area contributed by atoms with Crippen LogP contribution in [0.4, 0.5) is 0 Å². The second kappa shape index (κ2) is 5.75. The van der Waals surface area contributed by atoms with Gasteiger partial charge < -0.3 is 14.9 Å². The average Bonchev–Trinajstić information content (AvgIpc) is 2.56. The summed E-state index contributed by atoms with van der Waals surface area (Å²) in [6, 6.07) is 9.26. The first-order valence-corrected chi connectivity index (χ1v) is 9.40. The zero-order valence-corrected chi connectivity index (χ0v) is 15.8. The van der Waals surface area contributed by atoms with E-state index in [0.717, 1.165) is 17.2 Å². The van der Waals surface area contributed by atoms with Crippen molar-refractivity contribution in [3.8, 4) is 5.75 Å². The molecule has 2 bridgehead atoms. The highest BCUT2D eigenvalue weighted by Crippen LogP contribution is 2.62. The van der Waals surface area contributed by atoms with Crippen molar-refractivity contribution in [1.29, 1.82) is 0 Å². The fourth-order valence-corrected chi connectivity index (χ4v) is 5.37. The first kappa shape index (κ1) is 17.4. The fraction of sp³-hybridized carbons (Fsp3) is 0.500. The maximum Gasteiger partial charge on any atom is 0.145 e. The molecule has 2 N–H and O–H groups in total. The van der Waals surface area contributed by atoms with E-state index in [9.17, 15) is 10.2 Å². The summed E-state index contributed by atoms with van der Waals surface area (Å²) in [7, 11) is 0. The van der Waals surface area contributed by atoms with Crippen molar-refractivity contribution in [2.45, 2.75) is 38.4 Å². The molecule has 2 aromatic carbocycles. The quantitative estimate of drug-likeness (QED) is 0.812. The van der Waals surface area contributed by atoms with Crippen LogP contribution < -0.4 is 4.74 Å². The maximum absolute atomic E-state index is 11.2. The fourth-order valence-electron chi connectivity index (χ4n) is 4.77. The highest BCUT2D eigenvalue weighted by atomic mass is 35.5. The third-order valence-electron chi connectivity index (χ3n) is 6.51. The summed E-state index contributed by atoms with van der Waals surface area (Å²) in [5, 5.41) is 24.3. The summed E-state index contributed by atoms with van der Waals surface area (Å²) in [5.74, 6) is 0.986. The van der Waals surface area contributed by atoms with Gasteiger partial charge in [-0.25, -0.2) is 0 Å². The van der Waals surface area contributed by atoms with Crippen LogP contribution in [0.3, 0.4) is 0 Å². The van der Waals surface area contributed by atoms with Gasteiger partial charge in [-0.3, -0.25) is 0 Å². The molecule has 3 saturated carbocycles. The van der Waals surface area contributed by atoms with E-state index >= 15 is 0 Å². The third kappa shape index (κ3) is 2.48. The lowest BCUT2D eigenvalue weighted by atomic mass is 9.43. The Hall–Kier alpha value is -1.00. The van der Waals surface area contributed by atoms with Gasteiger partial charge in [0, 0.05) is 10.8 Å². The van der Waals surface area contributed by atoms with Crippen LogP contribution in [0.5, 0.6) is 5.75 Å². The van der Waals surface area contributed by atoms with Crippen LogP contribution in [0, 0.1) is 17.3 Å². The number of halogens is 2. The van der Waals surface area contributed by atoms with Gasteiger partial charge in [0.05, 0.1) is 16.1 Å². The monoisotopic (exact) mass is 380 g/mol. The van der Waals surface area contributed by atoms with Crippen LogP contribution in [0.2, 0.25) is 10.0 Å². The van der Waals surface area contributed by atoms with E-state index in [-0.39, 0.29) is 17.9 Å². The number of fused-ring (bicyclic) bond motifs is 3. The van der Waals surface area contributed by atoms with Crippen LogP contribution in [0.15, 0.2) is 30.3 Å². The van der Waals surface area contributed by atoms with Crippen molar-refractivity contribution >= 4 is 34.0 Å². The summed E-state index contributed by atoms with van der Waals surface area (Å²) >= 11 is 12.6. The maximum atomic E-state index is 11.2. The first-order chi connectivity index (χ1) is 11.7. The lowest BCUT2D eigenvalue weighted by Gasteiger charge is -2.64. The Kier molecular flexibility index (Phi) is 4.01. The number of benzene rings is 2. The molecule has 0 amide bonds. The molecule has 3 nitrogen and oxygen atoms in total. The SMILES string of the molecule is CC1(C)[C@@H]2C[C@@H](O)[C@](O)(COc3c(Cl)cc(Cl)c4ccccc34)[C@H]1C2. The molecular formula is C20H22Cl2O3. The average molecular weight is 381 g/mol. The summed E-state index contributed by atoms with van der Waals surface area (Å²) in [6.07, 6.45) is 0.763. The summed E-state index contributed by atoms with van der Waals surface area (Å²) in [5.41, 5.74) is -1.24. The van der Waals surface area contributed by atoms with Gasteiger partial charge in [0.15, 0.2) is 0 Å². The van der Waals surface area contributed by atoms with Gasteiger partial charge in [-0.2, -0.15) is 0 Å². The molecule has 5 rings (SSSR count). The second-order valence-corrected chi connectivity index (χ2v) is 8.87. The van der Waals surface area contributed by atoms with E-state index in [1.165, 1.54) is 0 Å². The van der Waals surface area contributed by atoms with Crippen molar-refractivity contribution in [1.82, 2.24) is 0 Å². The standard InChI is InChI=1S/C20H22Cl2O3/c1-19(2)11-7-16(19)20(24,17(23)8-11)10-25-18-13-6-4-3-5-12(13)14(21)9-15(18)22/h3-6,9,11,16-17,23-24H,7-8,10H2,1-2H3/t11-,16-,17+,20-/m0/s1. The van der Waals surface area contributed by atoms with Gasteiger partial charge in [-0.05, 0) is 36.2 Å². The topological polar surface area (TPSA) is 49.7 Å². The van der Waals surface area contributed by atoms with E-state index in [4.69, 9.17) is 27.9 Å². The lowest BCUT2D eigenvalue weighted by Crippen LogP contribution is -2.69. The lowest BCUT2D eigenvalue weighted by molar-refractivity contribution is -0.262. The second-order valence-electron chi connectivity index (χ2n) is 8.05. The van der Waals surface area contributed by atoms with Crippen LogP contribution in [-0.2, 0) is 0 Å². The Morgan fingerprint density at radius 2 is 1.80 bits per heavy atom. The number of rotatable bonds is 3. The molecule has 0 spiro atoms. The molecule has 3 fully saturated rings. The van der Waals surface area contributed by atoms with E-state index in [2.05, 4.69) is 13.8 Å². The molecule has 0 aliphatic heterocycles. The van der Waals surface area contributed by atoms with Crippen molar-refractivity contribution < 1.29 is 14.9 Å².